The normalized spacial score (nSPS) is 45.8. The van der Waals surface area contributed by atoms with Gasteiger partial charge in [-0.3, -0.25) is 24.0 Å². The Balaban J connectivity index is 0.000000157. The minimum absolute atomic E-state index is 0.0580. The van der Waals surface area contributed by atoms with E-state index in [1.54, 1.807) is 6.92 Å². The average molecular weight is 743 g/mol. The van der Waals surface area contributed by atoms with Crippen LogP contribution in [0.1, 0.15) is 132 Å². The van der Waals surface area contributed by atoms with E-state index in [0.717, 1.165) is 63.5 Å². The Morgan fingerprint density at radius 3 is 2.04 bits per heavy atom. The van der Waals surface area contributed by atoms with Crippen LogP contribution in [0.2, 0.25) is 0 Å². The van der Waals surface area contributed by atoms with Gasteiger partial charge in [0.1, 0.15) is 23.1 Å². The zero-order valence-corrected chi connectivity index (χ0v) is 33.7. The maximum atomic E-state index is 13.7. The molecule has 0 unspecified atom stereocenters. The van der Waals surface area contributed by atoms with Crippen LogP contribution in [0, 0.1) is 69.0 Å². The fraction of sp³-hybridized carbons (Fsp3) is 0.761. The molecule has 1 saturated heterocycles. The van der Waals surface area contributed by atoms with Crippen LogP contribution in [0.25, 0.3) is 0 Å². The lowest BCUT2D eigenvalue weighted by Gasteiger charge is -2.56. The molecule has 0 N–H and O–H groups in total. The number of esters is 1. The molecular weight excluding hydrogens is 680 g/mol. The molecule has 1 heterocycles. The lowest BCUT2D eigenvalue weighted by Crippen LogP contribution is -2.56. The van der Waals surface area contributed by atoms with Crippen LogP contribution < -0.4 is 0 Å². The number of rotatable bonds is 3. The van der Waals surface area contributed by atoms with E-state index < -0.39 is 5.79 Å². The van der Waals surface area contributed by atoms with E-state index in [-0.39, 0.29) is 62.9 Å². The average Bonchev–Trinajstić information content (AvgIpc) is 3.79. The largest absolute Gasteiger partial charge is 0.431 e. The van der Waals surface area contributed by atoms with Crippen LogP contribution in [0.4, 0.5) is 0 Å². The summed E-state index contributed by atoms with van der Waals surface area (Å²) in [5, 5.41) is 0. The second-order valence-electron chi connectivity index (χ2n) is 20.0. The predicted molar refractivity (Wildman–Crippen MR) is 202 cm³/mol. The Hall–Kier alpha value is -2.71. The highest BCUT2D eigenvalue weighted by atomic mass is 16.7. The maximum Gasteiger partial charge on any atom is 0.307 e. The molecule has 8 nitrogen and oxygen atoms in total. The van der Waals surface area contributed by atoms with Crippen molar-refractivity contribution < 1.29 is 38.2 Å². The third kappa shape index (κ3) is 5.68. The number of carbonyl (C=O) groups is 5. The Kier molecular flexibility index (Phi) is 9.32. The molecule has 0 spiro atoms. The van der Waals surface area contributed by atoms with Crippen molar-refractivity contribution in [3.63, 3.8) is 0 Å². The van der Waals surface area contributed by atoms with E-state index in [0.29, 0.717) is 74.1 Å². The number of ether oxygens (including phenoxy) is 3. The van der Waals surface area contributed by atoms with E-state index in [1.165, 1.54) is 18.1 Å². The van der Waals surface area contributed by atoms with Crippen LogP contribution in [0.5, 0.6) is 0 Å². The third-order valence-electron chi connectivity index (χ3n) is 17.3. The van der Waals surface area contributed by atoms with E-state index in [9.17, 15) is 24.0 Å². The summed E-state index contributed by atoms with van der Waals surface area (Å²) in [7, 11) is 0. The van der Waals surface area contributed by atoms with Gasteiger partial charge in [-0.25, -0.2) is 0 Å². The second kappa shape index (κ2) is 13.2. The van der Waals surface area contributed by atoms with E-state index in [2.05, 4.69) is 40.7 Å². The van der Waals surface area contributed by atoms with Crippen LogP contribution in [-0.2, 0) is 38.2 Å². The molecule has 9 rings (SSSR count). The molecule has 8 heteroatoms. The van der Waals surface area contributed by atoms with Crippen molar-refractivity contribution in [2.24, 2.45) is 69.0 Å². The fourth-order valence-corrected chi connectivity index (χ4v) is 15.0. The summed E-state index contributed by atoms with van der Waals surface area (Å²) >= 11 is 0. The van der Waals surface area contributed by atoms with Gasteiger partial charge in [0.05, 0.1) is 13.2 Å². The number of ketones is 4. The molecule has 8 aliphatic carbocycles. The standard InChI is InChI=1S/C25H34O5.C21H28O3/c1-15(26)30-17-9-10-23(2)16(13-17)5-6-18-19-7-8-21(25(4)28-11-12-29-25)24(19,3)14-20(27)22(18)23;1-12(22)16-6-7-17-15-5-4-13-10-14(23)8-9-20(13,2)19(15)18(24)11-21(16,17)3/h5,13,18-19,21-22H,6-12,14H2,1-4H3;10,15-17,19H,4-9,11H2,1-3H3/t18-,19-,21-,22+,23-,24-;15-,16+,17-,19+,20-,21+/m00/s1. The first kappa shape index (κ1) is 38.2. The predicted octanol–water partition coefficient (Wildman–Crippen LogP) is 8.47. The topological polar surface area (TPSA) is 113 Å². The summed E-state index contributed by atoms with van der Waals surface area (Å²) in [5.74, 6) is 3.40. The Bertz CT molecular complexity index is 1740. The van der Waals surface area contributed by atoms with Gasteiger partial charge in [-0.05, 0) is 129 Å². The number of hydrogen-bond acceptors (Lipinski definition) is 8. The number of carbonyl (C=O) groups excluding carboxylic acids is 5. The van der Waals surface area contributed by atoms with Gasteiger partial charge in [-0.1, -0.05) is 39.3 Å². The highest BCUT2D eigenvalue weighted by Crippen LogP contribution is 2.68. The molecular formula is C46H62O8. The summed E-state index contributed by atoms with van der Waals surface area (Å²) in [6.45, 7) is 15.5. The molecule has 12 atom stereocenters. The van der Waals surface area contributed by atoms with Gasteiger partial charge in [-0.2, -0.15) is 0 Å². The molecule has 54 heavy (non-hydrogen) atoms. The minimum atomic E-state index is -0.553. The second-order valence-corrected chi connectivity index (χ2v) is 20.0. The molecule has 0 aromatic heterocycles. The molecule has 6 fully saturated rings. The summed E-state index contributed by atoms with van der Waals surface area (Å²) in [4.78, 5) is 62.4. The lowest BCUT2D eigenvalue weighted by atomic mass is 9.46. The molecule has 9 aliphatic rings. The molecule has 0 aromatic carbocycles. The third-order valence-corrected chi connectivity index (χ3v) is 17.3. The van der Waals surface area contributed by atoms with Crippen LogP contribution in [0.15, 0.2) is 35.1 Å². The van der Waals surface area contributed by atoms with Crippen molar-refractivity contribution in [2.75, 3.05) is 13.2 Å². The summed E-state index contributed by atoms with van der Waals surface area (Å²) in [6.07, 6.45) is 17.5. The Morgan fingerprint density at radius 1 is 0.722 bits per heavy atom. The molecule has 0 amide bonds. The van der Waals surface area contributed by atoms with Crippen molar-refractivity contribution in [3.05, 3.63) is 35.1 Å². The first-order valence-electron chi connectivity index (χ1n) is 21.1. The Labute approximate surface area is 321 Å². The summed E-state index contributed by atoms with van der Waals surface area (Å²) in [5.41, 5.74) is 1.93. The van der Waals surface area contributed by atoms with Crippen LogP contribution in [0.3, 0.4) is 0 Å². The van der Waals surface area contributed by atoms with Gasteiger partial charge in [0.15, 0.2) is 11.6 Å². The zero-order valence-electron chi connectivity index (χ0n) is 33.7. The highest BCUT2D eigenvalue weighted by molar-refractivity contribution is 5.93. The van der Waals surface area contributed by atoms with Gasteiger partial charge in [0.25, 0.3) is 0 Å². The lowest BCUT2D eigenvalue weighted by molar-refractivity contribution is -0.212. The van der Waals surface area contributed by atoms with Crippen molar-refractivity contribution in [3.8, 4) is 0 Å². The quantitative estimate of drug-likeness (QED) is 0.265. The van der Waals surface area contributed by atoms with E-state index in [4.69, 9.17) is 14.2 Å². The van der Waals surface area contributed by atoms with Gasteiger partial charge >= 0.3 is 5.97 Å². The molecule has 0 aromatic rings. The molecule has 0 radical (unpaired) electrons. The van der Waals surface area contributed by atoms with Crippen molar-refractivity contribution in [2.45, 2.75) is 138 Å². The molecule has 1 aliphatic heterocycles. The van der Waals surface area contributed by atoms with Gasteiger partial charge in [-0.15, -0.1) is 0 Å². The first-order valence-corrected chi connectivity index (χ1v) is 21.1. The SMILES string of the molecule is CC(=O)OC1=CC2=CC[C@H]3[C@@H]4CC[C@H](C5(C)OCCO5)[C@@]4(C)CC(=O)[C@@H]3[C@@]2(C)CC1.CC(=O)[C@H]1CC[C@H]2[C@@H]3CCC4=CC(=O)CC[C@]4(C)[C@H]3C(=O)C[C@]12C. The fourth-order valence-electron chi connectivity index (χ4n) is 15.0. The smallest absolute Gasteiger partial charge is 0.307 e. The van der Waals surface area contributed by atoms with E-state index in [1.807, 2.05) is 12.2 Å². The highest BCUT2D eigenvalue weighted by Gasteiger charge is 2.66. The van der Waals surface area contributed by atoms with Crippen molar-refractivity contribution in [1.82, 2.24) is 0 Å². The minimum Gasteiger partial charge on any atom is -0.431 e. The summed E-state index contributed by atoms with van der Waals surface area (Å²) < 4.78 is 17.5. The maximum absolute atomic E-state index is 13.7. The number of allylic oxidation sites excluding steroid dienone is 5. The van der Waals surface area contributed by atoms with Crippen LogP contribution >= 0.6 is 0 Å². The van der Waals surface area contributed by atoms with Crippen molar-refractivity contribution >= 4 is 29.1 Å². The zero-order chi connectivity index (χ0) is 38.6. The molecule has 5 saturated carbocycles. The summed E-state index contributed by atoms with van der Waals surface area (Å²) in [6, 6.07) is 0. The van der Waals surface area contributed by atoms with Crippen LogP contribution in [-0.4, -0.2) is 48.1 Å². The number of hydrogen-bond donors (Lipinski definition) is 0. The van der Waals surface area contributed by atoms with Gasteiger partial charge in [0.2, 0.25) is 0 Å². The Morgan fingerprint density at radius 2 is 1.35 bits per heavy atom. The first-order chi connectivity index (χ1) is 25.4. The number of Topliss-reactive ketones (excluding diaryl/α,β-unsaturated/α-hetero) is 3. The van der Waals surface area contributed by atoms with Gasteiger partial charge in [0, 0.05) is 61.7 Å². The molecule has 294 valence electrons. The molecule has 0 bridgehead atoms. The van der Waals surface area contributed by atoms with Gasteiger partial charge < -0.3 is 14.2 Å². The number of fused-ring (bicyclic) bond motifs is 10. The monoisotopic (exact) mass is 742 g/mol. The van der Waals surface area contributed by atoms with Crippen molar-refractivity contribution in [1.29, 1.82) is 0 Å². The van der Waals surface area contributed by atoms with E-state index >= 15 is 0 Å².